The number of carbonyl (C=O) groups excluding carboxylic acids is 2. The summed E-state index contributed by atoms with van der Waals surface area (Å²) >= 11 is 0. The highest BCUT2D eigenvalue weighted by Crippen LogP contribution is 2.26. The molecule has 1 aliphatic rings. The average Bonchev–Trinajstić information content (AvgIpc) is 3.45. The fraction of sp³-hybridized carbons (Fsp3) is 0.375. The first kappa shape index (κ1) is 30.2. The number of sulfonamides is 1. The Balaban J connectivity index is 1.71. The number of nitrogens with one attached hydrogen (secondary N) is 1. The number of hydrogen-bond donors (Lipinski definition) is 1. The smallest absolute Gasteiger partial charge is 0.264 e. The van der Waals surface area contributed by atoms with Crippen LogP contribution in [-0.2, 0) is 26.2 Å². The highest BCUT2D eigenvalue weighted by atomic mass is 32.2. The van der Waals surface area contributed by atoms with Gasteiger partial charge in [-0.3, -0.25) is 13.9 Å². The molecular formula is C32H38FN3O4S. The zero-order valence-electron chi connectivity index (χ0n) is 23.8. The second-order valence-corrected chi connectivity index (χ2v) is 12.6. The van der Waals surface area contributed by atoms with Crippen molar-refractivity contribution in [3.8, 4) is 0 Å². The predicted octanol–water partition coefficient (Wildman–Crippen LogP) is 5.50. The third-order valence-corrected chi connectivity index (χ3v) is 9.31. The lowest BCUT2D eigenvalue weighted by Crippen LogP contribution is -2.53. The van der Waals surface area contributed by atoms with Gasteiger partial charge in [0.15, 0.2) is 0 Å². The number of halogens is 1. The molecule has 0 aliphatic heterocycles. The van der Waals surface area contributed by atoms with E-state index < -0.39 is 34.3 Å². The fourth-order valence-corrected chi connectivity index (χ4v) is 6.68. The molecule has 1 fully saturated rings. The molecule has 9 heteroatoms. The van der Waals surface area contributed by atoms with Gasteiger partial charge in [0, 0.05) is 12.6 Å². The molecule has 4 rings (SSSR count). The Morgan fingerprint density at radius 1 is 0.951 bits per heavy atom. The van der Waals surface area contributed by atoms with Crippen LogP contribution in [0.3, 0.4) is 0 Å². The molecule has 41 heavy (non-hydrogen) atoms. The molecule has 3 aromatic rings. The van der Waals surface area contributed by atoms with E-state index in [0.29, 0.717) is 12.1 Å². The van der Waals surface area contributed by atoms with Gasteiger partial charge < -0.3 is 10.2 Å². The van der Waals surface area contributed by atoms with Crippen molar-refractivity contribution in [2.75, 3.05) is 10.8 Å². The third-order valence-electron chi connectivity index (χ3n) is 7.53. The lowest BCUT2D eigenvalue weighted by Gasteiger charge is -2.34. The van der Waals surface area contributed by atoms with Crippen molar-refractivity contribution in [3.05, 3.63) is 95.3 Å². The summed E-state index contributed by atoms with van der Waals surface area (Å²) in [6.07, 6.45) is 4.29. The molecule has 0 spiro atoms. The quantitative estimate of drug-likeness (QED) is 0.325. The molecule has 0 unspecified atom stereocenters. The Kier molecular flexibility index (Phi) is 9.81. The van der Waals surface area contributed by atoms with Crippen LogP contribution < -0.4 is 9.62 Å². The summed E-state index contributed by atoms with van der Waals surface area (Å²) in [4.78, 5) is 29.0. The van der Waals surface area contributed by atoms with E-state index in [1.165, 1.54) is 17.0 Å². The number of rotatable bonds is 11. The lowest BCUT2D eigenvalue weighted by atomic mass is 10.1. The highest BCUT2D eigenvalue weighted by Gasteiger charge is 2.34. The maximum atomic E-state index is 14.1. The van der Waals surface area contributed by atoms with Gasteiger partial charge in [-0.25, -0.2) is 12.8 Å². The topological polar surface area (TPSA) is 86.8 Å². The van der Waals surface area contributed by atoms with E-state index in [-0.39, 0.29) is 23.4 Å². The molecule has 7 nitrogen and oxygen atoms in total. The minimum atomic E-state index is -4.24. The van der Waals surface area contributed by atoms with E-state index in [2.05, 4.69) is 5.32 Å². The van der Waals surface area contributed by atoms with Crippen molar-refractivity contribution < 1.29 is 22.4 Å². The van der Waals surface area contributed by atoms with Crippen LogP contribution in [0.5, 0.6) is 0 Å². The predicted molar refractivity (Wildman–Crippen MR) is 158 cm³/mol. The summed E-state index contributed by atoms with van der Waals surface area (Å²) in [6.45, 7) is 5.31. The van der Waals surface area contributed by atoms with Gasteiger partial charge in [-0.1, -0.05) is 67.3 Å². The first-order valence-corrected chi connectivity index (χ1v) is 15.5. The summed E-state index contributed by atoms with van der Waals surface area (Å²) in [5, 5.41) is 3.11. The molecule has 218 valence electrons. The molecular weight excluding hydrogens is 541 g/mol. The van der Waals surface area contributed by atoms with E-state index >= 15 is 0 Å². The monoisotopic (exact) mass is 579 g/mol. The van der Waals surface area contributed by atoms with E-state index in [1.807, 2.05) is 45.0 Å². The molecule has 1 saturated carbocycles. The Morgan fingerprint density at radius 2 is 1.61 bits per heavy atom. The molecule has 3 aromatic carbocycles. The largest absolute Gasteiger partial charge is 0.352 e. The van der Waals surface area contributed by atoms with Crippen molar-refractivity contribution in [2.24, 2.45) is 0 Å². The molecule has 1 atom stereocenters. The Morgan fingerprint density at radius 3 is 2.22 bits per heavy atom. The van der Waals surface area contributed by atoms with Gasteiger partial charge in [0.2, 0.25) is 11.8 Å². The fourth-order valence-electron chi connectivity index (χ4n) is 5.27. The number of amides is 2. The van der Waals surface area contributed by atoms with Gasteiger partial charge in [-0.15, -0.1) is 0 Å². The normalized spacial score (nSPS) is 14.4. The molecule has 1 aliphatic carbocycles. The van der Waals surface area contributed by atoms with Gasteiger partial charge in [0.05, 0.1) is 10.6 Å². The van der Waals surface area contributed by atoms with E-state index in [9.17, 15) is 22.4 Å². The number of benzene rings is 3. The summed E-state index contributed by atoms with van der Waals surface area (Å²) in [7, 11) is -4.24. The van der Waals surface area contributed by atoms with Crippen LogP contribution >= 0.6 is 0 Å². The van der Waals surface area contributed by atoms with E-state index in [1.54, 1.807) is 24.3 Å². The van der Waals surface area contributed by atoms with Gasteiger partial charge in [0.1, 0.15) is 18.4 Å². The number of aryl methyl sites for hydroxylation is 2. The second kappa shape index (κ2) is 13.3. The first-order valence-electron chi connectivity index (χ1n) is 14.1. The maximum Gasteiger partial charge on any atom is 0.264 e. The molecule has 0 saturated heterocycles. The number of hydrogen-bond acceptors (Lipinski definition) is 4. The molecule has 0 bridgehead atoms. The summed E-state index contributed by atoms with van der Waals surface area (Å²) < 4.78 is 42.4. The van der Waals surface area contributed by atoms with Crippen LogP contribution in [0, 0.1) is 19.7 Å². The third kappa shape index (κ3) is 7.52. The van der Waals surface area contributed by atoms with Crippen molar-refractivity contribution in [3.63, 3.8) is 0 Å². The van der Waals surface area contributed by atoms with Crippen molar-refractivity contribution in [2.45, 2.75) is 76.4 Å². The van der Waals surface area contributed by atoms with Gasteiger partial charge in [-0.2, -0.15) is 0 Å². The zero-order chi connectivity index (χ0) is 29.6. The number of anilines is 1. The lowest BCUT2D eigenvalue weighted by molar-refractivity contribution is -0.140. The number of carbonyl (C=O) groups is 2. The number of nitrogens with zero attached hydrogens (tertiary/aromatic N) is 2. The minimum Gasteiger partial charge on any atom is -0.352 e. The summed E-state index contributed by atoms with van der Waals surface area (Å²) in [5.74, 6) is -1.31. The summed E-state index contributed by atoms with van der Waals surface area (Å²) in [6, 6.07) is 18.3. The highest BCUT2D eigenvalue weighted by molar-refractivity contribution is 7.92. The second-order valence-electron chi connectivity index (χ2n) is 10.7. The standard InChI is InChI=1S/C32H38FN3O4S/c1-4-30(32(38)34-27-10-5-6-11-27)35(21-25-9-7-8-24(3)20-25)31(37)22-36(28-16-12-23(2)13-17-28)41(39,40)29-18-14-26(33)15-19-29/h7-9,12-20,27,30H,4-6,10-11,21-22H2,1-3H3,(H,34,38)/t30-/m1/s1. The van der Waals surface area contributed by atoms with Crippen LogP contribution in [0.25, 0.3) is 0 Å². The molecule has 0 heterocycles. The Labute approximate surface area is 242 Å². The SMILES string of the molecule is CC[C@H](C(=O)NC1CCCC1)N(Cc1cccc(C)c1)C(=O)CN(c1ccc(C)cc1)S(=O)(=O)c1ccc(F)cc1. The van der Waals surface area contributed by atoms with Crippen molar-refractivity contribution >= 4 is 27.5 Å². The molecule has 1 N–H and O–H groups in total. The maximum absolute atomic E-state index is 14.1. The molecule has 2 amide bonds. The Hall–Kier alpha value is -3.72. The zero-order valence-corrected chi connectivity index (χ0v) is 24.7. The average molecular weight is 580 g/mol. The molecule has 0 aromatic heterocycles. The van der Waals surface area contributed by atoms with Gasteiger partial charge >= 0.3 is 0 Å². The van der Waals surface area contributed by atoms with Gasteiger partial charge in [0.25, 0.3) is 10.0 Å². The van der Waals surface area contributed by atoms with Crippen molar-refractivity contribution in [1.29, 1.82) is 0 Å². The van der Waals surface area contributed by atoms with Crippen LogP contribution in [0.2, 0.25) is 0 Å². The van der Waals surface area contributed by atoms with Crippen LogP contribution in [0.1, 0.15) is 55.7 Å². The van der Waals surface area contributed by atoms with Crippen LogP contribution in [-0.4, -0.2) is 43.8 Å². The first-order chi connectivity index (χ1) is 19.6. The molecule has 0 radical (unpaired) electrons. The van der Waals surface area contributed by atoms with Crippen molar-refractivity contribution in [1.82, 2.24) is 10.2 Å². The van der Waals surface area contributed by atoms with E-state index in [0.717, 1.165) is 58.8 Å². The Bertz CT molecular complexity index is 1450. The van der Waals surface area contributed by atoms with Crippen LogP contribution in [0.15, 0.2) is 77.7 Å². The minimum absolute atomic E-state index is 0.0791. The van der Waals surface area contributed by atoms with E-state index in [4.69, 9.17) is 0 Å². The van der Waals surface area contributed by atoms with Gasteiger partial charge in [-0.05, 0) is 75.1 Å². The van der Waals surface area contributed by atoms with Crippen LogP contribution in [0.4, 0.5) is 10.1 Å². The summed E-state index contributed by atoms with van der Waals surface area (Å²) in [5.41, 5.74) is 3.08.